The average Bonchev–Trinajstić information content (AvgIpc) is 2.44. The Morgan fingerprint density at radius 3 is 2.25 bits per heavy atom. The van der Waals surface area contributed by atoms with Gasteiger partial charge in [-0.3, -0.25) is 4.90 Å². The van der Waals surface area contributed by atoms with Crippen LogP contribution in [0.3, 0.4) is 0 Å². The standard InChI is InChI=1S/C15H30N4O/c1-17-4-2-14(3-5-17)19-8-6-18(7-9-19)12-13-10-15(11-13)20-16/h13-15H,2-12,16H2,1H3. The molecule has 0 radical (unpaired) electrons. The van der Waals surface area contributed by atoms with Crippen molar-refractivity contribution in [1.82, 2.24) is 14.7 Å². The van der Waals surface area contributed by atoms with Crippen LogP contribution in [-0.4, -0.2) is 79.7 Å². The van der Waals surface area contributed by atoms with E-state index in [1.165, 1.54) is 58.7 Å². The van der Waals surface area contributed by atoms with Crippen molar-refractivity contribution in [1.29, 1.82) is 0 Å². The first-order valence-corrected chi connectivity index (χ1v) is 8.25. The number of hydrogen-bond acceptors (Lipinski definition) is 5. The van der Waals surface area contributed by atoms with Crippen LogP contribution in [0, 0.1) is 5.92 Å². The van der Waals surface area contributed by atoms with Gasteiger partial charge < -0.3 is 14.6 Å². The summed E-state index contributed by atoms with van der Waals surface area (Å²) in [6, 6.07) is 0.840. The predicted octanol–water partition coefficient (Wildman–Crippen LogP) is 0.367. The molecule has 116 valence electrons. The van der Waals surface area contributed by atoms with E-state index >= 15 is 0 Å². The Balaban J connectivity index is 1.35. The van der Waals surface area contributed by atoms with Gasteiger partial charge >= 0.3 is 0 Å². The first-order valence-electron chi connectivity index (χ1n) is 8.25. The molecule has 2 aliphatic heterocycles. The molecule has 2 saturated heterocycles. The maximum absolute atomic E-state index is 5.22. The van der Waals surface area contributed by atoms with Gasteiger partial charge in [0.2, 0.25) is 0 Å². The molecule has 2 N–H and O–H groups in total. The Hall–Kier alpha value is -0.200. The van der Waals surface area contributed by atoms with Crippen LogP contribution in [0.4, 0.5) is 0 Å². The van der Waals surface area contributed by atoms with E-state index in [4.69, 9.17) is 10.7 Å². The zero-order valence-corrected chi connectivity index (χ0v) is 12.8. The van der Waals surface area contributed by atoms with Gasteiger partial charge in [-0.2, -0.15) is 0 Å². The van der Waals surface area contributed by atoms with Crippen LogP contribution in [0.1, 0.15) is 25.7 Å². The van der Waals surface area contributed by atoms with Crippen molar-refractivity contribution in [3.05, 3.63) is 0 Å². The molecule has 0 unspecified atom stereocenters. The second-order valence-electron chi connectivity index (χ2n) is 6.97. The maximum Gasteiger partial charge on any atom is 0.0793 e. The fraction of sp³-hybridized carbons (Fsp3) is 1.00. The van der Waals surface area contributed by atoms with E-state index in [9.17, 15) is 0 Å². The molecule has 3 fully saturated rings. The fourth-order valence-corrected chi connectivity index (χ4v) is 3.97. The normalized spacial score (nSPS) is 35.1. The van der Waals surface area contributed by atoms with Crippen LogP contribution >= 0.6 is 0 Å². The lowest BCUT2D eigenvalue weighted by atomic mass is 9.82. The number of nitrogens with two attached hydrogens (primary N) is 1. The molecule has 0 aromatic carbocycles. The second kappa shape index (κ2) is 6.71. The highest BCUT2D eigenvalue weighted by atomic mass is 16.6. The largest absolute Gasteiger partial charge is 0.306 e. The van der Waals surface area contributed by atoms with Gasteiger partial charge in [0, 0.05) is 38.8 Å². The van der Waals surface area contributed by atoms with Gasteiger partial charge in [0.15, 0.2) is 0 Å². The van der Waals surface area contributed by atoms with E-state index in [-0.39, 0.29) is 0 Å². The number of likely N-dealkylation sites (tertiary alicyclic amines) is 1. The molecule has 0 aromatic heterocycles. The molecule has 1 saturated carbocycles. The van der Waals surface area contributed by atoms with Crippen LogP contribution in [0.2, 0.25) is 0 Å². The van der Waals surface area contributed by atoms with Gasteiger partial charge in [0.05, 0.1) is 6.10 Å². The van der Waals surface area contributed by atoms with Crippen molar-refractivity contribution in [2.75, 3.05) is 52.9 Å². The van der Waals surface area contributed by atoms with Gasteiger partial charge in [0.1, 0.15) is 0 Å². The molecule has 0 spiro atoms. The smallest absolute Gasteiger partial charge is 0.0793 e. The van der Waals surface area contributed by atoms with E-state index in [0.29, 0.717) is 6.10 Å². The fourth-order valence-electron chi connectivity index (χ4n) is 3.97. The number of piperidine rings is 1. The quantitative estimate of drug-likeness (QED) is 0.755. The van der Waals surface area contributed by atoms with Crippen molar-refractivity contribution in [2.24, 2.45) is 11.8 Å². The molecular weight excluding hydrogens is 252 g/mol. The minimum Gasteiger partial charge on any atom is -0.306 e. The maximum atomic E-state index is 5.22. The Kier molecular flexibility index (Phi) is 4.94. The third kappa shape index (κ3) is 3.52. The molecule has 3 aliphatic rings. The molecule has 2 heterocycles. The van der Waals surface area contributed by atoms with Gasteiger partial charge in [-0.15, -0.1) is 0 Å². The molecule has 5 heteroatoms. The second-order valence-corrected chi connectivity index (χ2v) is 6.97. The molecule has 1 aliphatic carbocycles. The van der Waals surface area contributed by atoms with E-state index in [2.05, 4.69) is 21.7 Å². The van der Waals surface area contributed by atoms with Gasteiger partial charge in [-0.05, 0) is 51.7 Å². The monoisotopic (exact) mass is 282 g/mol. The lowest BCUT2D eigenvalue weighted by molar-refractivity contribution is -0.0453. The van der Waals surface area contributed by atoms with Crippen LogP contribution in [-0.2, 0) is 4.84 Å². The SMILES string of the molecule is CN1CCC(N2CCN(CC3CC(ON)C3)CC2)CC1. The summed E-state index contributed by atoms with van der Waals surface area (Å²) in [5, 5.41) is 0. The van der Waals surface area contributed by atoms with E-state index < -0.39 is 0 Å². The summed E-state index contributed by atoms with van der Waals surface area (Å²) in [5.41, 5.74) is 0. The molecule has 20 heavy (non-hydrogen) atoms. The molecule has 0 aromatic rings. The third-order valence-corrected chi connectivity index (χ3v) is 5.51. The summed E-state index contributed by atoms with van der Waals surface area (Å²) in [7, 11) is 2.24. The highest BCUT2D eigenvalue weighted by Crippen LogP contribution is 2.30. The number of rotatable bonds is 4. The van der Waals surface area contributed by atoms with Crippen LogP contribution in [0.25, 0.3) is 0 Å². The van der Waals surface area contributed by atoms with E-state index in [1.54, 1.807) is 0 Å². The summed E-state index contributed by atoms with van der Waals surface area (Å²) in [6.07, 6.45) is 5.36. The molecule has 3 rings (SSSR count). The van der Waals surface area contributed by atoms with Gasteiger partial charge in [-0.25, -0.2) is 5.90 Å². The topological polar surface area (TPSA) is 45.0 Å². The summed E-state index contributed by atoms with van der Waals surface area (Å²) >= 11 is 0. The molecule has 0 amide bonds. The number of nitrogens with zero attached hydrogens (tertiary/aromatic N) is 3. The Morgan fingerprint density at radius 1 is 1.00 bits per heavy atom. The van der Waals surface area contributed by atoms with Crippen molar-refractivity contribution in [3.8, 4) is 0 Å². The number of piperazine rings is 1. The van der Waals surface area contributed by atoms with Crippen molar-refractivity contribution >= 4 is 0 Å². The first-order chi connectivity index (χ1) is 9.74. The highest BCUT2D eigenvalue weighted by Gasteiger charge is 2.32. The zero-order chi connectivity index (χ0) is 13.9. The summed E-state index contributed by atoms with van der Waals surface area (Å²) < 4.78 is 0. The van der Waals surface area contributed by atoms with Crippen LogP contribution < -0.4 is 5.90 Å². The summed E-state index contributed by atoms with van der Waals surface area (Å²) in [4.78, 5) is 12.7. The third-order valence-electron chi connectivity index (χ3n) is 5.51. The van der Waals surface area contributed by atoms with Crippen LogP contribution in [0.15, 0.2) is 0 Å². The minimum absolute atomic E-state index is 0.334. The molecule has 5 nitrogen and oxygen atoms in total. The van der Waals surface area contributed by atoms with Crippen LogP contribution in [0.5, 0.6) is 0 Å². The Labute approximate surface area is 123 Å². The van der Waals surface area contributed by atoms with Crippen molar-refractivity contribution in [3.63, 3.8) is 0 Å². The zero-order valence-electron chi connectivity index (χ0n) is 12.8. The van der Waals surface area contributed by atoms with Gasteiger partial charge in [0.25, 0.3) is 0 Å². The average molecular weight is 282 g/mol. The molecule has 0 bridgehead atoms. The van der Waals surface area contributed by atoms with E-state index in [1.807, 2.05) is 0 Å². The van der Waals surface area contributed by atoms with Crippen molar-refractivity contribution in [2.45, 2.75) is 37.8 Å². The summed E-state index contributed by atoms with van der Waals surface area (Å²) in [5.74, 6) is 6.03. The van der Waals surface area contributed by atoms with E-state index in [0.717, 1.165) is 24.8 Å². The Bertz CT molecular complexity index is 292. The minimum atomic E-state index is 0.334. The van der Waals surface area contributed by atoms with Gasteiger partial charge in [-0.1, -0.05) is 0 Å². The summed E-state index contributed by atoms with van der Waals surface area (Å²) in [6.45, 7) is 8.81. The first kappa shape index (κ1) is 14.7. The number of hydrogen-bond donors (Lipinski definition) is 1. The highest BCUT2D eigenvalue weighted by molar-refractivity contribution is 4.86. The lowest BCUT2D eigenvalue weighted by Gasteiger charge is -2.44. The van der Waals surface area contributed by atoms with Crippen molar-refractivity contribution < 1.29 is 4.84 Å². The lowest BCUT2D eigenvalue weighted by Crippen LogP contribution is -2.54. The molecule has 0 atom stereocenters. The Morgan fingerprint density at radius 2 is 1.65 bits per heavy atom. The predicted molar refractivity (Wildman–Crippen MR) is 80.3 cm³/mol. The molecular formula is C15H30N4O.